The molecule has 3 aromatic rings. The van der Waals surface area contributed by atoms with Crippen LogP contribution < -0.4 is 4.74 Å². The molecular formula is C22H21F3N2O3. The molecule has 0 aliphatic heterocycles. The van der Waals surface area contributed by atoms with E-state index in [0.717, 1.165) is 16.8 Å². The molecule has 2 aromatic heterocycles. The van der Waals surface area contributed by atoms with Crippen molar-refractivity contribution in [1.82, 2.24) is 9.97 Å². The van der Waals surface area contributed by atoms with Crippen LogP contribution in [0, 0.1) is 6.92 Å². The van der Waals surface area contributed by atoms with Gasteiger partial charge in [-0.25, -0.2) is 4.98 Å². The Kier molecular flexibility index (Phi) is 6.54. The second kappa shape index (κ2) is 9.11. The van der Waals surface area contributed by atoms with Gasteiger partial charge in [0.1, 0.15) is 11.5 Å². The summed E-state index contributed by atoms with van der Waals surface area (Å²) in [6, 6.07) is 10.6. The number of carbonyl (C=O) groups excluding carboxylic acids is 1. The van der Waals surface area contributed by atoms with Gasteiger partial charge >= 0.3 is 6.18 Å². The van der Waals surface area contributed by atoms with Gasteiger partial charge in [-0.2, -0.15) is 13.2 Å². The van der Waals surface area contributed by atoms with Crippen LogP contribution in [0.25, 0.3) is 11.3 Å². The van der Waals surface area contributed by atoms with Crippen molar-refractivity contribution in [3.8, 4) is 17.1 Å². The van der Waals surface area contributed by atoms with Gasteiger partial charge in [-0.15, -0.1) is 0 Å². The Morgan fingerprint density at radius 2 is 1.87 bits per heavy atom. The summed E-state index contributed by atoms with van der Waals surface area (Å²) in [4.78, 5) is 20.6. The number of oxazole rings is 1. The molecule has 0 radical (unpaired) electrons. The molecule has 8 heteroatoms. The summed E-state index contributed by atoms with van der Waals surface area (Å²) >= 11 is 0. The third kappa shape index (κ3) is 5.92. The van der Waals surface area contributed by atoms with E-state index in [4.69, 9.17) is 4.42 Å². The van der Waals surface area contributed by atoms with Crippen molar-refractivity contribution in [2.45, 2.75) is 38.8 Å². The maximum atomic E-state index is 12.4. The number of Topliss-reactive ketones (excluding diaryl/α,β-unsaturated/α-hetero) is 1. The predicted molar refractivity (Wildman–Crippen MR) is 104 cm³/mol. The molecular weight excluding hydrogens is 397 g/mol. The lowest BCUT2D eigenvalue weighted by molar-refractivity contribution is -0.153. The molecule has 0 amide bonds. The third-order valence-electron chi connectivity index (χ3n) is 4.56. The summed E-state index contributed by atoms with van der Waals surface area (Å²) in [5, 5.41) is 0. The molecule has 0 saturated carbocycles. The fourth-order valence-electron chi connectivity index (χ4n) is 3.03. The predicted octanol–water partition coefficient (Wildman–Crippen LogP) is 5.29. The maximum absolute atomic E-state index is 12.4. The Balaban J connectivity index is 1.53. The van der Waals surface area contributed by atoms with E-state index in [-0.39, 0.29) is 30.3 Å². The summed E-state index contributed by atoms with van der Waals surface area (Å²) in [7, 11) is 0. The number of aromatic nitrogens is 2. The van der Waals surface area contributed by atoms with Gasteiger partial charge in [0.25, 0.3) is 0 Å². The molecule has 30 heavy (non-hydrogen) atoms. The largest absolute Gasteiger partial charge is 0.483 e. The Morgan fingerprint density at radius 3 is 2.43 bits per heavy atom. The van der Waals surface area contributed by atoms with Gasteiger partial charge in [-0.05, 0) is 24.6 Å². The SMILES string of the molecule is Cc1ncoc1-c1ccc(CC(=O)C[C@H](C)c2ccc(OCC(F)(F)F)cn2)cc1. The average Bonchev–Trinajstić information content (AvgIpc) is 3.12. The van der Waals surface area contributed by atoms with Crippen molar-refractivity contribution in [3.05, 3.63) is 65.9 Å². The Morgan fingerprint density at radius 1 is 1.13 bits per heavy atom. The van der Waals surface area contributed by atoms with Crippen molar-refractivity contribution < 1.29 is 27.1 Å². The van der Waals surface area contributed by atoms with E-state index in [0.29, 0.717) is 11.5 Å². The van der Waals surface area contributed by atoms with Gasteiger partial charge in [0.15, 0.2) is 18.8 Å². The molecule has 158 valence electrons. The molecule has 0 N–H and O–H groups in total. The highest BCUT2D eigenvalue weighted by Gasteiger charge is 2.28. The molecule has 1 aromatic carbocycles. The van der Waals surface area contributed by atoms with Crippen molar-refractivity contribution in [2.24, 2.45) is 0 Å². The Labute approximate surface area is 171 Å². The van der Waals surface area contributed by atoms with Gasteiger partial charge in [0, 0.05) is 30.0 Å². The van der Waals surface area contributed by atoms with E-state index >= 15 is 0 Å². The first kappa shape index (κ1) is 21.5. The van der Waals surface area contributed by atoms with Gasteiger partial charge in [0.05, 0.1) is 11.9 Å². The number of aryl methyl sites for hydroxylation is 1. The number of hydrogen-bond donors (Lipinski definition) is 0. The van der Waals surface area contributed by atoms with Crippen molar-refractivity contribution in [3.63, 3.8) is 0 Å². The Bertz CT molecular complexity index is 980. The zero-order valence-corrected chi connectivity index (χ0v) is 16.6. The first-order chi connectivity index (χ1) is 14.2. The van der Waals surface area contributed by atoms with Gasteiger partial charge in [0.2, 0.25) is 0 Å². The number of rotatable bonds is 8. The fourth-order valence-corrected chi connectivity index (χ4v) is 3.03. The number of alkyl halides is 3. The maximum Gasteiger partial charge on any atom is 0.422 e. The van der Waals surface area contributed by atoms with Crippen molar-refractivity contribution in [1.29, 1.82) is 0 Å². The molecule has 0 unspecified atom stereocenters. The summed E-state index contributed by atoms with van der Waals surface area (Å²) in [6.45, 7) is 2.35. The van der Waals surface area contributed by atoms with Crippen LogP contribution in [0.2, 0.25) is 0 Å². The monoisotopic (exact) mass is 418 g/mol. The van der Waals surface area contributed by atoms with Crippen LogP contribution in [-0.4, -0.2) is 28.5 Å². The molecule has 5 nitrogen and oxygen atoms in total. The van der Waals surface area contributed by atoms with Crippen molar-refractivity contribution >= 4 is 5.78 Å². The minimum Gasteiger partial charge on any atom is -0.483 e. The molecule has 0 saturated heterocycles. The number of carbonyl (C=O) groups is 1. The van der Waals surface area contributed by atoms with Gasteiger partial charge in [-0.1, -0.05) is 31.2 Å². The van der Waals surface area contributed by atoms with E-state index in [2.05, 4.69) is 14.7 Å². The third-order valence-corrected chi connectivity index (χ3v) is 4.56. The quantitative estimate of drug-likeness (QED) is 0.497. The van der Waals surface area contributed by atoms with Crippen LogP contribution in [0.4, 0.5) is 13.2 Å². The standard InChI is InChI=1S/C22H21F3N2O3/c1-14(20-8-7-19(11-26-20)29-12-22(23,24)25)9-18(28)10-16-3-5-17(6-4-16)21-15(2)27-13-30-21/h3-8,11,13-14H,9-10,12H2,1-2H3/t14-/m0/s1. The first-order valence-corrected chi connectivity index (χ1v) is 9.38. The highest BCUT2D eigenvalue weighted by Crippen LogP contribution is 2.24. The fraction of sp³-hybridized carbons (Fsp3) is 0.318. The zero-order chi connectivity index (χ0) is 21.7. The molecule has 0 bridgehead atoms. The summed E-state index contributed by atoms with van der Waals surface area (Å²) in [6.07, 6.45) is -1.20. The van der Waals surface area contributed by atoms with E-state index < -0.39 is 12.8 Å². The number of halogens is 3. The molecule has 0 aliphatic rings. The molecule has 1 atom stereocenters. The Hall–Kier alpha value is -3.16. The highest BCUT2D eigenvalue weighted by atomic mass is 19.4. The molecule has 3 rings (SSSR count). The van der Waals surface area contributed by atoms with E-state index in [9.17, 15) is 18.0 Å². The minimum absolute atomic E-state index is 0.0386. The second-order valence-electron chi connectivity index (χ2n) is 7.11. The molecule has 0 fully saturated rings. The lowest BCUT2D eigenvalue weighted by atomic mass is 9.96. The number of benzene rings is 1. The number of hydrogen-bond acceptors (Lipinski definition) is 5. The van der Waals surface area contributed by atoms with Gasteiger partial charge < -0.3 is 9.15 Å². The number of pyridine rings is 1. The van der Waals surface area contributed by atoms with Crippen LogP contribution in [0.5, 0.6) is 5.75 Å². The summed E-state index contributed by atoms with van der Waals surface area (Å²) < 4.78 is 46.6. The van der Waals surface area contributed by atoms with Crippen LogP contribution in [0.1, 0.15) is 36.2 Å². The minimum atomic E-state index is -4.40. The lowest BCUT2D eigenvalue weighted by Gasteiger charge is -2.12. The summed E-state index contributed by atoms with van der Waals surface area (Å²) in [5.74, 6) is 0.627. The lowest BCUT2D eigenvalue weighted by Crippen LogP contribution is -2.19. The van der Waals surface area contributed by atoms with E-state index in [1.54, 1.807) is 6.07 Å². The van der Waals surface area contributed by atoms with Crippen LogP contribution >= 0.6 is 0 Å². The summed E-state index contributed by atoms with van der Waals surface area (Å²) in [5.41, 5.74) is 3.21. The van der Waals surface area contributed by atoms with Crippen molar-refractivity contribution in [2.75, 3.05) is 6.61 Å². The van der Waals surface area contributed by atoms with Crippen LogP contribution in [0.15, 0.2) is 53.4 Å². The highest BCUT2D eigenvalue weighted by molar-refractivity contribution is 5.81. The molecule has 0 spiro atoms. The molecule has 0 aliphatic carbocycles. The molecule has 2 heterocycles. The van der Waals surface area contributed by atoms with Gasteiger partial charge in [-0.3, -0.25) is 9.78 Å². The first-order valence-electron chi connectivity index (χ1n) is 9.38. The van der Waals surface area contributed by atoms with Crippen LogP contribution in [0.3, 0.4) is 0 Å². The number of ether oxygens (including phenoxy) is 1. The second-order valence-corrected chi connectivity index (χ2v) is 7.11. The smallest absolute Gasteiger partial charge is 0.422 e. The number of ketones is 1. The van der Waals surface area contributed by atoms with E-state index in [1.807, 2.05) is 38.1 Å². The zero-order valence-electron chi connectivity index (χ0n) is 16.6. The van der Waals surface area contributed by atoms with Crippen LogP contribution in [-0.2, 0) is 11.2 Å². The average molecular weight is 418 g/mol. The number of nitrogens with zero attached hydrogens (tertiary/aromatic N) is 2. The van der Waals surface area contributed by atoms with E-state index in [1.165, 1.54) is 18.7 Å². The normalized spacial score (nSPS) is 12.6. The topological polar surface area (TPSA) is 65.2 Å².